The number of benzene rings is 1. The largest absolute Gasteiger partial charge is 0.432 e. The molecule has 2 heterocycles. The van der Waals surface area contributed by atoms with Gasteiger partial charge in [0.1, 0.15) is 35.1 Å². The summed E-state index contributed by atoms with van der Waals surface area (Å²) in [5.41, 5.74) is 5.34. The monoisotopic (exact) mass is 315 g/mol. The quantitative estimate of drug-likeness (QED) is 0.509. The highest BCUT2D eigenvalue weighted by Gasteiger charge is 2.21. The second kappa shape index (κ2) is 5.48. The number of nitrogens with two attached hydrogens (primary N) is 1. The van der Waals surface area contributed by atoms with Crippen molar-refractivity contribution >= 4 is 17.4 Å². The highest BCUT2D eigenvalue weighted by molar-refractivity contribution is 6.12. The van der Waals surface area contributed by atoms with Crippen molar-refractivity contribution in [1.29, 1.82) is 10.8 Å². The van der Waals surface area contributed by atoms with Gasteiger partial charge in [-0.1, -0.05) is 0 Å². The van der Waals surface area contributed by atoms with E-state index in [1.165, 1.54) is 29.0 Å². The smallest absolute Gasteiger partial charge is 0.306 e. The summed E-state index contributed by atoms with van der Waals surface area (Å²) in [4.78, 5) is 4.12. The molecule has 3 rings (SSSR count). The highest BCUT2D eigenvalue weighted by atomic mass is 19.1. The first kappa shape index (κ1) is 14.6. The Morgan fingerprint density at radius 2 is 2.04 bits per heavy atom. The number of nitrogens with zero attached hydrogens (tertiary/aromatic N) is 2. The molecule has 6 nitrogen and oxygen atoms in total. The molecule has 2 aromatic heterocycles. The minimum atomic E-state index is -0.670. The lowest BCUT2D eigenvalue weighted by atomic mass is 10.1. The van der Waals surface area contributed by atoms with E-state index in [1.807, 2.05) is 0 Å². The molecule has 0 spiro atoms. The van der Waals surface area contributed by atoms with E-state index in [1.54, 1.807) is 0 Å². The normalized spacial score (nSPS) is 11.4. The summed E-state index contributed by atoms with van der Waals surface area (Å²) < 4.78 is 34.1. The number of hydrogen-bond donors (Lipinski definition) is 3. The van der Waals surface area contributed by atoms with E-state index in [0.29, 0.717) is 0 Å². The standard InChI is InChI=1S/C15H11F2N5O/c16-8-1-2-10(17)9(7-8)13-14(11(18)3-4-12(19)20)22-5-6-23-15(22)21-13/h1-7,18H,(H3,19,20)/b4-3-,18-11?. The van der Waals surface area contributed by atoms with Gasteiger partial charge in [-0.05, 0) is 30.4 Å². The van der Waals surface area contributed by atoms with Crippen molar-refractivity contribution in [2.45, 2.75) is 0 Å². The Morgan fingerprint density at radius 1 is 1.26 bits per heavy atom. The number of amidine groups is 1. The van der Waals surface area contributed by atoms with Crippen LogP contribution in [0.3, 0.4) is 0 Å². The van der Waals surface area contributed by atoms with Crippen molar-refractivity contribution < 1.29 is 13.2 Å². The van der Waals surface area contributed by atoms with Gasteiger partial charge in [-0.25, -0.2) is 8.78 Å². The fraction of sp³-hybridized carbons (Fsp3) is 0. The minimum absolute atomic E-state index is 0.0690. The van der Waals surface area contributed by atoms with Crippen LogP contribution in [0.1, 0.15) is 5.69 Å². The molecule has 3 aromatic rings. The first-order valence-corrected chi connectivity index (χ1v) is 6.49. The fourth-order valence-corrected chi connectivity index (χ4v) is 2.16. The second-order valence-corrected chi connectivity index (χ2v) is 4.69. The molecule has 8 heteroatoms. The number of fused-ring (bicyclic) bond motifs is 1. The number of rotatable bonds is 4. The Kier molecular flexibility index (Phi) is 3.49. The average molecular weight is 315 g/mol. The number of oxazole rings is 1. The van der Waals surface area contributed by atoms with E-state index in [4.69, 9.17) is 21.0 Å². The summed E-state index contributed by atoms with van der Waals surface area (Å²) in [6, 6.07) is 2.99. The lowest BCUT2D eigenvalue weighted by Crippen LogP contribution is -2.07. The predicted octanol–water partition coefficient (Wildman–Crippen LogP) is 2.73. The number of allylic oxidation sites excluding steroid dienone is 1. The van der Waals surface area contributed by atoms with E-state index < -0.39 is 11.6 Å². The van der Waals surface area contributed by atoms with E-state index >= 15 is 0 Å². The third kappa shape index (κ3) is 2.61. The van der Waals surface area contributed by atoms with Crippen LogP contribution in [-0.4, -0.2) is 20.9 Å². The molecule has 0 saturated heterocycles. The molecule has 0 radical (unpaired) electrons. The molecule has 0 unspecified atom stereocenters. The van der Waals surface area contributed by atoms with Crippen LogP contribution < -0.4 is 5.73 Å². The first-order valence-electron chi connectivity index (χ1n) is 6.49. The Bertz CT molecular complexity index is 954. The molecule has 1 aromatic carbocycles. The van der Waals surface area contributed by atoms with Gasteiger partial charge in [0, 0.05) is 11.8 Å². The van der Waals surface area contributed by atoms with Crippen LogP contribution in [0.2, 0.25) is 0 Å². The van der Waals surface area contributed by atoms with Crippen LogP contribution in [0, 0.1) is 22.5 Å². The van der Waals surface area contributed by atoms with Gasteiger partial charge < -0.3 is 10.2 Å². The summed E-state index contributed by atoms with van der Waals surface area (Å²) in [5, 5.41) is 15.3. The summed E-state index contributed by atoms with van der Waals surface area (Å²) in [7, 11) is 0. The molecule has 0 aliphatic rings. The molecule has 4 N–H and O–H groups in total. The molecular weight excluding hydrogens is 304 g/mol. The highest BCUT2D eigenvalue weighted by Crippen LogP contribution is 2.28. The van der Waals surface area contributed by atoms with E-state index in [0.717, 1.165) is 18.2 Å². The molecule has 0 saturated carbocycles. The molecule has 0 atom stereocenters. The summed E-state index contributed by atoms with van der Waals surface area (Å²) in [5.74, 6) is -1.39. The zero-order valence-electron chi connectivity index (χ0n) is 11.7. The summed E-state index contributed by atoms with van der Waals surface area (Å²) in [6.45, 7) is 0. The van der Waals surface area contributed by atoms with Gasteiger partial charge in [0.15, 0.2) is 0 Å². The maximum Gasteiger partial charge on any atom is 0.306 e. The van der Waals surface area contributed by atoms with Gasteiger partial charge in [-0.15, -0.1) is 0 Å². The lowest BCUT2D eigenvalue weighted by molar-refractivity contribution is 0.594. The van der Waals surface area contributed by atoms with Crippen molar-refractivity contribution in [1.82, 2.24) is 9.38 Å². The fourth-order valence-electron chi connectivity index (χ4n) is 2.16. The minimum Gasteiger partial charge on any atom is -0.432 e. The number of aromatic nitrogens is 2. The third-order valence-corrected chi connectivity index (χ3v) is 3.13. The van der Waals surface area contributed by atoms with Crippen LogP contribution >= 0.6 is 0 Å². The Morgan fingerprint density at radius 3 is 2.78 bits per heavy atom. The van der Waals surface area contributed by atoms with Crippen molar-refractivity contribution in [2.75, 3.05) is 0 Å². The molecule has 0 bridgehead atoms. The van der Waals surface area contributed by atoms with Gasteiger partial charge in [-0.3, -0.25) is 15.2 Å². The van der Waals surface area contributed by atoms with Gasteiger partial charge >= 0.3 is 5.84 Å². The topological polar surface area (TPSA) is 104 Å². The Hall–Kier alpha value is -3.29. The average Bonchev–Trinajstić information content (AvgIpc) is 3.07. The van der Waals surface area contributed by atoms with Crippen LogP contribution in [0.25, 0.3) is 17.1 Å². The summed E-state index contributed by atoms with van der Waals surface area (Å²) in [6.07, 6.45) is 5.36. The molecule has 0 aliphatic heterocycles. The van der Waals surface area contributed by atoms with Gasteiger partial charge in [0.05, 0.1) is 5.71 Å². The van der Waals surface area contributed by atoms with Crippen molar-refractivity contribution in [3.8, 4) is 11.3 Å². The van der Waals surface area contributed by atoms with Crippen molar-refractivity contribution in [2.24, 2.45) is 5.73 Å². The Labute approximate surface area is 128 Å². The van der Waals surface area contributed by atoms with Crippen molar-refractivity contribution in [3.63, 3.8) is 0 Å². The number of halogens is 2. The molecule has 116 valence electrons. The Balaban J connectivity index is 2.23. The van der Waals surface area contributed by atoms with E-state index in [2.05, 4.69) is 4.98 Å². The van der Waals surface area contributed by atoms with Crippen LogP contribution in [0.15, 0.2) is 47.2 Å². The number of nitrogens with one attached hydrogen (secondary N) is 2. The van der Waals surface area contributed by atoms with Crippen LogP contribution in [0.5, 0.6) is 0 Å². The zero-order valence-corrected chi connectivity index (χ0v) is 11.7. The molecule has 0 amide bonds. The lowest BCUT2D eigenvalue weighted by Gasteiger charge is -2.04. The van der Waals surface area contributed by atoms with E-state index in [-0.39, 0.29) is 34.3 Å². The molecule has 0 fully saturated rings. The van der Waals surface area contributed by atoms with E-state index in [9.17, 15) is 8.78 Å². The molecule has 23 heavy (non-hydrogen) atoms. The predicted molar refractivity (Wildman–Crippen MR) is 80.7 cm³/mol. The maximum absolute atomic E-state index is 14.1. The maximum atomic E-state index is 14.1. The third-order valence-electron chi connectivity index (χ3n) is 3.13. The molecular formula is C15H11F2N5O. The number of hydrogen-bond acceptors (Lipinski definition) is 4. The van der Waals surface area contributed by atoms with Gasteiger partial charge in [0.25, 0.3) is 0 Å². The summed E-state index contributed by atoms with van der Waals surface area (Å²) >= 11 is 0. The van der Waals surface area contributed by atoms with Crippen LogP contribution in [0.4, 0.5) is 8.78 Å². The van der Waals surface area contributed by atoms with Gasteiger partial charge in [-0.2, -0.15) is 4.98 Å². The molecule has 0 aliphatic carbocycles. The first-order chi connectivity index (χ1) is 11.0. The number of imidazole rings is 1. The van der Waals surface area contributed by atoms with Crippen LogP contribution in [-0.2, 0) is 0 Å². The SMILES string of the molecule is N=C(N)/C=C\C(=N)c1c(-c2cc(F)ccc2F)nc2occn12. The van der Waals surface area contributed by atoms with Gasteiger partial charge in [0.2, 0.25) is 0 Å². The van der Waals surface area contributed by atoms with Crippen molar-refractivity contribution in [3.05, 3.63) is 60.1 Å². The second-order valence-electron chi connectivity index (χ2n) is 4.69. The zero-order chi connectivity index (χ0) is 16.6.